The summed E-state index contributed by atoms with van der Waals surface area (Å²) >= 11 is 5.89. The first kappa shape index (κ1) is 14.5. The van der Waals surface area contributed by atoms with Crippen molar-refractivity contribution in [3.05, 3.63) is 47.5 Å². The third-order valence-electron chi connectivity index (χ3n) is 3.12. The van der Waals surface area contributed by atoms with Crippen molar-refractivity contribution in [2.45, 2.75) is 13.0 Å². The van der Waals surface area contributed by atoms with Gasteiger partial charge in [0.15, 0.2) is 17.6 Å². The van der Waals surface area contributed by atoms with Crippen molar-refractivity contribution < 1.29 is 19.0 Å². The summed E-state index contributed by atoms with van der Waals surface area (Å²) in [6.45, 7) is 1.87. The van der Waals surface area contributed by atoms with Crippen molar-refractivity contribution in [2.24, 2.45) is 0 Å². The molecular weight excluding hydrogens is 306 g/mol. The summed E-state index contributed by atoms with van der Waals surface area (Å²) in [4.78, 5) is 12.2. The van der Waals surface area contributed by atoms with E-state index in [4.69, 9.17) is 25.8 Å². The molecule has 3 rings (SSSR count). The van der Waals surface area contributed by atoms with E-state index in [1.165, 1.54) is 0 Å². The van der Waals surface area contributed by atoms with Crippen LogP contribution in [0, 0.1) is 0 Å². The first-order valence-electron chi connectivity index (χ1n) is 6.74. The number of hydrogen-bond acceptors (Lipinski definition) is 4. The van der Waals surface area contributed by atoms with Gasteiger partial charge in [0.05, 0.1) is 0 Å². The quantitative estimate of drug-likeness (QED) is 0.937. The second-order valence-corrected chi connectivity index (χ2v) is 5.21. The summed E-state index contributed by atoms with van der Waals surface area (Å²) in [7, 11) is 0. The van der Waals surface area contributed by atoms with Crippen LogP contribution in [0.15, 0.2) is 42.5 Å². The summed E-state index contributed by atoms with van der Waals surface area (Å²) < 4.78 is 16.1. The van der Waals surface area contributed by atoms with Gasteiger partial charge in [0.2, 0.25) is 6.79 Å². The average Bonchev–Trinajstić information content (AvgIpc) is 2.94. The molecule has 22 heavy (non-hydrogen) atoms. The van der Waals surface area contributed by atoms with Gasteiger partial charge in [-0.3, -0.25) is 4.79 Å². The number of ether oxygens (including phenoxy) is 3. The van der Waals surface area contributed by atoms with Gasteiger partial charge in [-0.05, 0) is 37.3 Å². The molecule has 0 unspecified atom stereocenters. The average molecular weight is 320 g/mol. The Morgan fingerprint density at radius 3 is 2.86 bits per heavy atom. The van der Waals surface area contributed by atoms with Crippen molar-refractivity contribution in [3.63, 3.8) is 0 Å². The Kier molecular flexibility index (Phi) is 4.06. The van der Waals surface area contributed by atoms with Crippen LogP contribution < -0.4 is 19.5 Å². The molecule has 5 nitrogen and oxygen atoms in total. The van der Waals surface area contributed by atoms with E-state index in [0.717, 1.165) is 0 Å². The maximum absolute atomic E-state index is 12.2. The summed E-state index contributed by atoms with van der Waals surface area (Å²) in [5.41, 5.74) is 0.621. The van der Waals surface area contributed by atoms with E-state index in [1.807, 2.05) is 0 Å². The smallest absolute Gasteiger partial charge is 0.265 e. The Morgan fingerprint density at radius 1 is 1.23 bits per heavy atom. The predicted molar refractivity (Wildman–Crippen MR) is 82.7 cm³/mol. The zero-order chi connectivity index (χ0) is 15.5. The normalized spacial score (nSPS) is 13.5. The van der Waals surface area contributed by atoms with E-state index in [0.29, 0.717) is 28.0 Å². The van der Waals surface area contributed by atoms with Gasteiger partial charge in [-0.2, -0.15) is 0 Å². The molecule has 1 aliphatic rings. The third-order valence-corrected chi connectivity index (χ3v) is 3.35. The topological polar surface area (TPSA) is 56.8 Å². The van der Waals surface area contributed by atoms with Crippen molar-refractivity contribution in [3.8, 4) is 17.2 Å². The lowest BCUT2D eigenvalue weighted by Gasteiger charge is -2.15. The molecule has 0 aliphatic carbocycles. The van der Waals surface area contributed by atoms with Crippen LogP contribution in [0.25, 0.3) is 0 Å². The van der Waals surface area contributed by atoms with E-state index in [9.17, 15) is 4.79 Å². The van der Waals surface area contributed by atoms with Gasteiger partial charge < -0.3 is 19.5 Å². The zero-order valence-corrected chi connectivity index (χ0v) is 12.6. The maximum Gasteiger partial charge on any atom is 0.265 e. The summed E-state index contributed by atoms with van der Waals surface area (Å²) in [5.74, 6) is 1.56. The van der Waals surface area contributed by atoms with Crippen molar-refractivity contribution in [1.29, 1.82) is 0 Å². The Labute approximate surface area is 132 Å². The minimum atomic E-state index is -0.663. The first-order chi connectivity index (χ1) is 10.6. The van der Waals surface area contributed by atoms with Crippen molar-refractivity contribution >= 4 is 23.2 Å². The van der Waals surface area contributed by atoms with Crippen LogP contribution in [0.2, 0.25) is 5.02 Å². The lowest BCUT2D eigenvalue weighted by atomic mass is 10.2. The van der Waals surface area contributed by atoms with E-state index >= 15 is 0 Å². The maximum atomic E-state index is 12.2. The Bertz CT molecular complexity index is 704. The molecule has 2 aromatic rings. The molecular formula is C16H14ClNO4. The van der Waals surface area contributed by atoms with Gasteiger partial charge in [0.1, 0.15) is 5.75 Å². The molecule has 1 aliphatic heterocycles. The van der Waals surface area contributed by atoms with Gasteiger partial charge in [-0.1, -0.05) is 17.7 Å². The Morgan fingerprint density at radius 2 is 2.05 bits per heavy atom. The fourth-order valence-electron chi connectivity index (χ4n) is 2.02. The Balaban J connectivity index is 1.64. The fourth-order valence-corrected chi connectivity index (χ4v) is 2.20. The fraction of sp³-hybridized carbons (Fsp3) is 0.188. The van der Waals surface area contributed by atoms with E-state index in [2.05, 4.69) is 5.32 Å². The molecule has 6 heteroatoms. The van der Waals surface area contributed by atoms with Crippen LogP contribution in [0.4, 0.5) is 5.69 Å². The molecule has 0 spiro atoms. The number of rotatable bonds is 4. The minimum absolute atomic E-state index is 0.195. The highest BCUT2D eigenvalue weighted by molar-refractivity contribution is 6.30. The lowest BCUT2D eigenvalue weighted by molar-refractivity contribution is -0.122. The molecule has 2 aromatic carbocycles. The molecule has 0 radical (unpaired) electrons. The summed E-state index contributed by atoms with van der Waals surface area (Å²) in [6, 6.07) is 12.1. The van der Waals surface area contributed by atoms with Crippen LogP contribution >= 0.6 is 11.6 Å². The monoisotopic (exact) mass is 319 g/mol. The second kappa shape index (κ2) is 6.15. The summed E-state index contributed by atoms with van der Waals surface area (Å²) in [5, 5.41) is 3.33. The van der Waals surface area contributed by atoms with Gasteiger partial charge in [0.25, 0.3) is 5.91 Å². The molecule has 0 bridgehead atoms. The molecule has 0 saturated heterocycles. The molecule has 0 fully saturated rings. The Hall–Kier alpha value is -2.40. The molecule has 0 aromatic heterocycles. The molecule has 1 N–H and O–H groups in total. The van der Waals surface area contributed by atoms with Crippen LogP contribution in [0.5, 0.6) is 17.2 Å². The molecule has 1 heterocycles. The number of carbonyl (C=O) groups excluding carboxylic acids is 1. The van der Waals surface area contributed by atoms with E-state index in [-0.39, 0.29) is 12.7 Å². The standard InChI is InChI=1S/C16H14ClNO4/c1-10(22-13-4-2-3-11(17)7-13)16(19)18-12-5-6-14-15(8-12)21-9-20-14/h2-8,10H,9H2,1H3,(H,18,19)/t10-/m0/s1. The number of anilines is 1. The number of carbonyl (C=O) groups is 1. The van der Waals surface area contributed by atoms with Crippen LogP contribution in [0.1, 0.15) is 6.92 Å². The highest BCUT2D eigenvalue weighted by Crippen LogP contribution is 2.34. The van der Waals surface area contributed by atoms with Gasteiger partial charge in [-0.15, -0.1) is 0 Å². The van der Waals surface area contributed by atoms with Crippen LogP contribution in [0.3, 0.4) is 0 Å². The van der Waals surface area contributed by atoms with Gasteiger partial charge in [-0.25, -0.2) is 0 Å². The van der Waals surface area contributed by atoms with Crippen LogP contribution in [-0.2, 0) is 4.79 Å². The van der Waals surface area contributed by atoms with E-state index < -0.39 is 6.10 Å². The summed E-state index contributed by atoms with van der Waals surface area (Å²) in [6.07, 6.45) is -0.663. The number of benzene rings is 2. The number of nitrogens with one attached hydrogen (secondary N) is 1. The van der Waals surface area contributed by atoms with Gasteiger partial charge in [0, 0.05) is 16.8 Å². The van der Waals surface area contributed by atoms with E-state index in [1.54, 1.807) is 49.4 Å². The number of halogens is 1. The lowest BCUT2D eigenvalue weighted by Crippen LogP contribution is -2.30. The second-order valence-electron chi connectivity index (χ2n) is 4.77. The SMILES string of the molecule is C[C@H](Oc1cccc(Cl)c1)C(=O)Nc1ccc2c(c1)OCO2. The van der Waals surface area contributed by atoms with Crippen molar-refractivity contribution in [2.75, 3.05) is 12.1 Å². The molecule has 1 amide bonds. The van der Waals surface area contributed by atoms with Crippen LogP contribution in [-0.4, -0.2) is 18.8 Å². The third kappa shape index (κ3) is 3.26. The first-order valence-corrected chi connectivity index (χ1v) is 7.12. The largest absolute Gasteiger partial charge is 0.481 e. The molecule has 1 atom stereocenters. The molecule has 0 saturated carbocycles. The van der Waals surface area contributed by atoms with Crippen molar-refractivity contribution in [1.82, 2.24) is 0 Å². The minimum Gasteiger partial charge on any atom is -0.481 e. The number of fused-ring (bicyclic) bond motifs is 1. The van der Waals surface area contributed by atoms with Gasteiger partial charge >= 0.3 is 0 Å². The molecule has 114 valence electrons. The highest BCUT2D eigenvalue weighted by atomic mass is 35.5. The zero-order valence-electron chi connectivity index (χ0n) is 11.8. The number of hydrogen-bond donors (Lipinski definition) is 1. The predicted octanol–water partition coefficient (Wildman–Crippen LogP) is 3.47. The number of amides is 1. The highest BCUT2D eigenvalue weighted by Gasteiger charge is 2.18.